The molecule has 1 heterocycles. The first-order valence-corrected chi connectivity index (χ1v) is 7.70. The van der Waals surface area contributed by atoms with Crippen LogP contribution in [0.4, 0.5) is 4.39 Å². The van der Waals surface area contributed by atoms with Gasteiger partial charge in [0.2, 0.25) is 0 Å². The van der Waals surface area contributed by atoms with Gasteiger partial charge < -0.3 is 5.32 Å². The van der Waals surface area contributed by atoms with Gasteiger partial charge in [-0.15, -0.1) is 11.3 Å². The van der Waals surface area contributed by atoms with E-state index in [-0.39, 0.29) is 5.82 Å². The van der Waals surface area contributed by atoms with E-state index >= 15 is 0 Å². The molecule has 1 aliphatic rings. The zero-order valence-electron chi connectivity index (χ0n) is 10.8. The van der Waals surface area contributed by atoms with Gasteiger partial charge in [0.05, 0.1) is 0 Å². The Labute approximate surface area is 117 Å². The molecule has 19 heavy (non-hydrogen) atoms. The highest BCUT2D eigenvalue weighted by atomic mass is 32.1. The molecule has 0 amide bonds. The number of thiophene rings is 1. The molecule has 1 aliphatic carbocycles. The van der Waals surface area contributed by atoms with Crippen LogP contribution in [-0.4, -0.2) is 12.6 Å². The summed E-state index contributed by atoms with van der Waals surface area (Å²) in [5, 5.41) is 5.67. The van der Waals surface area contributed by atoms with Crippen LogP contribution in [0.1, 0.15) is 29.2 Å². The molecule has 1 saturated carbocycles. The number of hydrogen-bond acceptors (Lipinski definition) is 2. The Morgan fingerprint density at radius 1 is 1.26 bits per heavy atom. The Morgan fingerprint density at radius 3 is 2.84 bits per heavy atom. The highest BCUT2D eigenvalue weighted by Gasteiger charge is 2.22. The normalized spacial score (nSPS) is 16.5. The van der Waals surface area contributed by atoms with E-state index in [0.29, 0.717) is 12.0 Å². The van der Waals surface area contributed by atoms with E-state index < -0.39 is 0 Å². The van der Waals surface area contributed by atoms with Crippen LogP contribution in [0.3, 0.4) is 0 Å². The SMILES string of the molecule is Fc1cccc(C(CNC2CC2)Cc2cccs2)c1. The zero-order valence-corrected chi connectivity index (χ0v) is 11.6. The molecule has 0 radical (unpaired) electrons. The smallest absolute Gasteiger partial charge is 0.123 e. The standard InChI is InChI=1S/C16H18FNS/c17-14-4-1-3-12(9-14)13(11-18-15-6-7-15)10-16-5-2-8-19-16/h1-5,8-9,13,15,18H,6-7,10-11H2. The van der Waals surface area contributed by atoms with Crippen LogP contribution in [0, 0.1) is 5.82 Å². The molecule has 3 heteroatoms. The number of hydrogen-bond donors (Lipinski definition) is 1. The van der Waals surface area contributed by atoms with Gasteiger partial charge >= 0.3 is 0 Å². The maximum absolute atomic E-state index is 13.4. The average molecular weight is 275 g/mol. The second kappa shape index (κ2) is 5.85. The third-order valence-electron chi connectivity index (χ3n) is 3.58. The van der Waals surface area contributed by atoms with Gasteiger partial charge in [-0.1, -0.05) is 18.2 Å². The summed E-state index contributed by atoms with van der Waals surface area (Å²) in [6.45, 7) is 0.937. The molecule has 0 saturated heterocycles. The van der Waals surface area contributed by atoms with E-state index in [9.17, 15) is 4.39 Å². The van der Waals surface area contributed by atoms with Crippen molar-refractivity contribution in [2.45, 2.75) is 31.2 Å². The van der Waals surface area contributed by atoms with Crippen molar-refractivity contribution in [2.75, 3.05) is 6.54 Å². The summed E-state index contributed by atoms with van der Waals surface area (Å²) in [6.07, 6.45) is 3.56. The Kier molecular flexibility index (Phi) is 3.95. The lowest BCUT2D eigenvalue weighted by Crippen LogP contribution is -2.24. The molecular weight excluding hydrogens is 257 g/mol. The fourth-order valence-corrected chi connectivity index (χ4v) is 3.12. The van der Waals surface area contributed by atoms with Crippen LogP contribution in [0.5, 0.6) is 0 Å². The second-order valence-electron chi connectivity index (χ2n) is 5.22. The third-order valence-corrected chi connectivity index (χ3v) is 4.48. The van der Waals surface area contributed by atoms with Gasteiger partial charge in [0.25, 0.3) is 0 Å². The molecule has 1 atom stereocenters. The molecule has 0 aliphatic heterocycles. The molecule has 1 aromatic heterocycles. The van der Waals surface area contributed by atoms with Crippen molar-refractivity contribution in [3.63, 3.8) is 0 Å². The van der Waals surface area contributed by atoms with E-state index in [1.807, 2.05) is 12.1 Å². The summed E-state index contributed by atoms with van der Waals surface area (Å²) in [7, 11) is 0. The van der Waals surface area contributed by atoms with Crippen LogP contribution in [0.2, 0.25) is 0 Å². The molecule has 1 fully saturated rings. The number of rotatable bonds is 6. The van der Waals surface area contributed by atoms with Crippen molar-refractivity contribution in [3.8, 4) is 0 Å². The van der Waals surface area contributed by atoms with Crippen molar-refractivity contribution in [1.82, 2.24) is 5.32 Å². The Hall–Kier alpha value is -1.19. The minimum absolute atomic E-state index is 0.139. The lowest BCUT2D eigenvalue weighted by molar-refractivity contribution is 0.571. The molecule has 0 bridgehead atoms. The molecular formula is C16H18FNS. The van der Waals surface area contributed by atoms with E-state index in [1.165, 1.54) is 23.8 Å². The first kappa shape index (κ1) is 12.8. The van der Waals surface area contributed by atoms with Gasteiger partial charge in [-0.05, 0) is 48.4 Å². The predicted octanol–water partition coefficient (Wildman–Crippen LogP) is 3.97. The Morgan fingerprint density at radius 2 is 2.16 bits per heavy atom. The van der Waals surface area contributed by atoms with Gasteiger partial charge in [-0.3, -0.25) is 0 Å². The van der Waals surface area contributed by atoms with E-state index in [0.717, 1.165) is 18.5 Å². The third kappa shape index (κ3) is 3.64. The summed E-state index contributed by atoms with van der Waals surface area (Å²) in [6, 6.07) is 12.0. The highest BCUT2D eigenvalue weighted by Crippen LogP contribution is 2.26. The van der Waals surface area contributed by atoms with Crippen molar-refractivity contribution in [3.05, 3.63) is 58.0 Å². The van der Waals surface area contributed by atoms with Gasteiger partial charge in [0.15, 0.2) is 0 Å². The monoisotopic (exact) mass is 275 g/mol. The molecule has 0 spiro atoms. The molecule has 1 nitrogen and oxygen atoms in total. The fourth-order valence-electron chi connectivity index (χ4n) is 2.34. The summed E-state index contributed by atoms with van der Waals surface area (Å²) in [5.74, 6) is 0.218. The predicted molar refractivity (Wildman–Crippen MR) is 78.2 cm³/mol. The Bertz CT molecular complexity index is 519. The molecule has 2 aromatic rings. The van der Waals surface area contributed by atoms with Crippen molar-refractivity contribution >= 4 is 11.3 Å². The average Bonchev–Trinajstić information content (AvgIpc) is 3.10. The second-order valence-corrected chi connectivity index (χ2v) is 6.25. The van der Waals surface area contributed by atoms with Gasteiger partial charge in [-0.25, -0.2) is 4.39 Å². The van der Waals surface area contributed by atoms with Gasteiger partial charge in [0, 0.05) is 23.4 Å². The minimum atomic E-state index is -0.139. The number of halogens is 1. The first-order valence-electron chi connectivity index (χ1n) is 6.82. The zero-order chi connectivity index (χ0) is 13.1. The van der Waals surface area contributed by atoms with E-state index in [2.05, 4.69) is 22.8 Å². The topological polar surface area (TPSA) is 12.0 Å². The number of nitrogens with one attached hydrogen (secondary N) is 1. The van der Waals surface area contributed by atoms with Crippen molar-refractivity contribution in [2.24, 2.45) is 0 Å². The number of benzene rings is 1. The fraction of sp³-hybridized carbons (Fsp3) is 0.375. The molecule has 1 aromatic carbocycles. The summed E-state index contributed by atoms with van der Waals surface area (Å²) in [5.41, 5.74) is 1.10. The lowest BCUT2D eigenvalue weighted by Gasteiger charge is -2.17. The lowest BCUT2D eigenvalue weighted by atomic mass is 9.94. The Balaban J connectivity index is 1.73. The maximum atomic E-state index is 13.4. The minimum Gasteiger partial charge on any atom is -0.313 e. The van der Waals surface area contributed by atoms with Crippen molar-refractivity contribution in [1.29, 1.82) is 0 Å². The molecule has 1 N–H and O–H groups in total. The quantitative estimate of drug-likeness (QED) is 0.841. The van der Waals surface area contributed by atoms with Crippen molar-refractivity contribution < 1.29 is 4.39 Å². The molecule has 100 valence electrons. The van der Waals surface area contributed by atoms with Crippen LogP contribution in [0.15, 0.2) is 41.8 Å². The molecule has 1 unspecified atom stereocenters. The summed E-state index contributed by atoms with van der Waals surface area (Å²) >= 11 is 1.78. The highest BCUT2D eigenvalue weighted by molar-refractivity contribution is 7.09. The van der Waals surface area contributed by atoms with E-state index in [1.54, 1.807) is 17.4 Å². The van der Waals surface area contributed by atoms with Gasteiger partial charge in [0.1, 0.15) is 5.82 Å². The summed E-state index contributed by atoms with van der Waals surface area (Å²) in [4.78, 5) is 1.37. The largest absolute Gasteiger partial charge is 0.313 e. The molecule has 3 rings (SSSR count). The van der Waals surface area contributed by atoms with Crippen LogP contribution in [-0.2, 0) is 6.42 Å². The van der Waals surface area contributed by atoms with Crippen LogP contribution < -0.4 is 5.32 Å². The summed E-state index contributed by atoms with van der Waals surface area (Å²) < 4.78 is 13.4. The van der Waals surface area contributed by atoms with E-state index in [4.69, 9.17) is 0 Å². The first-order chi connectivity index (χ1) is 9.31. The van der Waals surface area contributed by atoms with Crippen LogP contribution in [0.25, 0.3) is 0 Å². The maximum Gasteiger partial charge on any atom is 0.123 e. The van der Waals surface area contributed by atoms with Crippen LogP contribution >= 0.6 is 11.3 Å². The van der Waals surface area contributed by atoms with Gasteiger partial charge in [-0.2, -0.15) is 0 Å².